The first-order chi connectivity index (χ1) is 32.0. The number of unbranched alkanes of at least 4 members (excludes halogenated alkanes) is 23. The fraction of sp³-hybridized carbons (Fsp3) is 0.712. The quantitative estimate of drug-likeness (QED) is 0.0262. The third-order valence-corrected chi connectivity index (χ3v) is 11.4. The number of rotatable bonds is 48. The first-order valence-electron chi connectivity index (χ1n) is 27.1. The topological polar surface area (TPSA) is 78.9 Å². The van der Waals surface area contributed by atoms with Crippen molar-refractivity contribution in [2.45, 2.75) is 258 Å². The van der Waals surface area contributed by atoms with Crippen molar-refractivity contribution in [1.82, 2.24) is 0 Å². The Kier molecular flexibility index (Phi) is 50.4. The number of hydrogen-bond donors (Lipinski definition) is 0. The van der Waals surface area contributed by atoms with Crippen LogP contribution in [0.3, 0.4) is 0 Å². The van der Waals surface area contributed by atoms with Gasteiger partial charge in [-0.25, -0.2) is 0 Å². The van der Waals surface area contributed by atoms with E-state index in [0.29, 0.717) is 19.3 Å². The Morgan fingerprint density at radius 3 is 1.03 bits per heavy atom. The molecule has 0 bridgehead atoms. The molecule has 0 aliphatic heterocycles. The molecule has 0 saturated carbocycles. The molecule has 0 fully saturated rings. The number of ether oxygens (including phenoxy) is 3. The molecule has 0 amide bonds. The highest BCUT2D eigenvalue weighted by Crippen LogP contribution is 2.14. The highest BCUT2D eigenvalue weighted by atomic mass is 16.6. The maximum atomic E-state index is 12.8. The zero-order valence-electron chi connectivity index (χ0n) is 42.5. The van der Waals surface area contributed by atoms with Crippen molar-refractivity contribution in [3.8, 4) is 0 Å². The average molecular weight is 905 g/mol. The van der Waals surface area contributed by atoms with Crippen molar-refractivity contribution < 1.29 is 28.6 Å². The predicted molar refractivity (Wildman–Crippen MR) is 279 cm³/mol. The minimum Gasteiger partial charge on any atom is -0.462 e. The molecule has 0 rings (SSSR count). The van der Waals surface area contributed by atoms with E-state index in [1.807, 2.05) is 0 Å². The Balaban J connectivity index is 4.47. The molecule has 0 N–H and O–H groups in total. The van der Waals surface area contributed by atoms with E-state index in [1.165, 1.54) is 116 Å². The molecule has 0 aromatic carbocycles. The van der Waals surface area contributed by atoms with Gasteiger partial charge in [-0.1, -0.05) is 209 Å². The highest BCUT2D eigenvalue weighted by Gasteiger charge is 2.19. The average Bonchev–Trinajstić information content (AvgIpc) is 3.30. The molecule has 6 nitrogen and oxygen atoms in total. The van der Waals surface area contributed by atoms with Crippen molar-refractivity contribution in [3.05, 3.63) is 85.1 Å². The van der Waals surface area contributed by atoms with Crippen molar-refractivity contribution >= 4 is 17.9 Å². The summed E-state index contributed by atoms with van der Waals surface area (Å²) in [6, 6.07) is 0. The monoisotopic (exact) mass is 905 g/mol. The molecule has 0 saturated heterocycles. The molecule has 0 heterocycles. The maximum absolute atomic E-state index is 12.8. The summed E-state index contributed by atoms with van der Waals surface area (Å²) < 4.78 is 16.8. The van der Waals surface area contributed by atoms with Crippen LogP contribution >= 0.6 is 0 Å². The van der Waals surface area contributed by atoms with Gasteiger partial charge in [0.15, 0.2) is 6.10 Å². The fourth-order valence-corrected chi connectivity index (χ4v) is 7.29. The summed E-state index contributed by atoms with van der Waals surface area (Å²) in [4.78, 5) is 38.0. The number of hydrogen-bond acceptors (Lipinski definition) is 6. The van der Waals surface area contributed by atoms with Crippen LogP contribution in [0.15, 0.2) is 85.1 Å². The summed E-state index contributed by atoms with van der Waals surface area (Å²) in [5.74, 6) is -0.972. The van der Waals surface area contributed by atoms with Gasteiger partial charge in [0, 0.05) is 19.3 Å². The minimum atomic E-state index is -0.805. The smallest absolute Gasteiger partial charge is 0.306 e. The van der Waals surface area contributed by atoms with Crippen molar-refractivity contribution in [3.63, 3.8) is 0 Å². The van der Waals surface area contributed by atoms with Crippen LogP contribution in [0.1, 0.15) is 252 Å². The zero-order valence-corrected chi connectivity index (χ0v) is 42.5. The largest absolute Gasteiger partial charge is 0.462 e. The van der Waals surface area contributed by atoms with Crippen molar-refractivity contribution in [2.24, 2.45) is 0 Å². The van der Waals surface area contributed by atoms with E-state index in [0.717, 1.165) is 89.9 Å². The first-order valence-corrected chi connectivity index (χ1v) is 27.1. The SMILES string of the molecule is CC/C=C\C/C=C\C/C=C\C/C=C\C/C=C\CCCC(=O)OC[C@H](COC(=O)CCCCCCCCC/C=C\CCCCCCCC)OC(=O)CCCCCCC/C=C\CCCCCC. The van der Waals surface area contributed by atoms with E-state index >= 15 is 0 Å². The second-order valence-corrected chi connectivity index (χ2v) is 17.7. The van der Waals surface area contributed by atoms with Gasteiger partial charge in [0.05, 0.1) is 0 Å². The molecular weight excluding hydrogens is 805 g/mol. The molecule has 372 valence electrons. The lowest BCUT2D eigenvalue weighted by molar-refractivity contribution is -0.167. The van der Waals surface area contributed by atoms with Gasteiger partial charge in [-0.2, -0.15) is 0 Å². The van der Waals surface area contributed by atoms with Gasteiger partial charge in [0.25, 0.3) is 0 Å². The van der Waals surface area contributed by atoms with E-state index in [4.69, 9.17) is 14.2 Å². The molecule has 0 aliphatic carbocycles. The summed E-state index contributed by atoms with van der Waals surface area (Å²) in [5.41, 5.74) is 0. The Bertz CT molecular complexity index is 1270. The lowest BCUT2D eigenvalue weighted by Crippen LogP contribution is -2.30. The highest BCUT2D eigenvalue weighted by molar-refractivity contribution is 5.71. The molecular formula is C59H100O6. The summed E-state index contributed by atoms with van der Waals surface area (Å²) in [6.45, 7) is 6.45. The van der Waals surface area contributed by atoms with Gasteiger partial charge in [-0.05, 0) is 109 Å². The van der Waals surface area contributed by atoms with Gasteiger partial charge >= 0.3 is 17.9 Å². The van der Waals surface area contributed by atoms with Crippen LogP contribution in [0.2, 0.25) is 0 Å². The Morgan fingerprint density at radius 2 is 0.615 bits per heavy atom. The summed E-state index contributed by atoms with van der Waals surface area (Å²) in [6.07, 6.45) is 68.6. The van der Waals surface area contributed by atoms with Gasteiger partial charge < -0.3 is 14.2 Å². The molecule has 65 heavy (non-hydrogen) atoms. The first kappa shape index (κ1) is 61.6. The van der Waals surface area contributed by atoms with E-state index in [1.54, 1.807) is 0 Å². The molecule has 6 heteroatoms. The number of carbonyl (C=O) groups is 3. The molecule has 0 aromatic rings. The summed E-state index contributed by atoms with van der Waals surface area (Å²) in [7, 11) is 0. The van der Waals surface area contributed by atoms with Crippen LogP contribution < -0.4 is 0 Å². The van der Waals surface area contributed by atoms with Gasteiger partial charge in [0.1, 0.15) is 13.2 Å². The van der Waals surface area contributed by atoms with E-state index in [2.05, 4.69) is 106 Å². The van der Waals surface area contributed by atoms with Crippen LogP contribution in [0.5, 0.6) is 0 Å². The van der Waals surface area contributed by atoms with Gasteiger partial charge in [-0.15, -0.1) is 0 Å². The third-order valence-electron chi connectivity index (χ3n) is 11.4. The molecule has 0 unspecified atom stereocenters. The van der Waals surface area contributed by atoms with E-state index in [9.17, 15) is 14.4 Å². The Labute approximate surface area is 401 Å². The predicted octanol–water partition coefficient (Wildman–Crippen LogP) is 18.0. The van der Waals surface area contributed by atoms with E-state index < -0.39 is 6.10 Å². The van der Waals surface area contributed by atoms with Crippen molar-refractivity contribution in [1.29, 1.82) is 0 Å². The number of esters is 3. The zero-order chi connectivity index (χ0) is 47.2. The Hall–Kier alpha value is -3.41. The molecule has 0 aliphatic rings. The maximum Gasteiger partial charge on any atom is 0.306 e. The van der Waals surface area contributed by atoms with Gasteiger partial charge in [0.2, 0.25) is 0 Å². The summed E-state index contributed by atoms with van der Waals surface area (Å²) in [5, 5.41) is 0. The lowest BCUT2D eigenvalue weighted by atomic mass is 10.1. The lowest BCUT2D eigenvalue weighted by Gasteiger charge is -2.18. The normalized spacial score (nSPS) is 12.7. The van der Waals surface area contributed by atoms with Crippen LogP contribution in [0.4, 0.5) is 0 Å². The summed E-state index contributed by atoms with van der Waals surface area (Å²) >= 11 is 0. The Morgan fingerprint density at radius 1 is 0.323 bits per heavy atom. The van der Waals surface area contributed by atoms with Crippen LogP contribution in [0, 0.1) is 0 Å². The third kappa shape index (κ3) is 51.4. The molecule has 0 spiro atoms. The van der Waals surface area contributed by atoms with Crippen LogP contribution in [-0.4, -0.2) is 37.2 Å². The second kappa shape index (κ2) is 53.2. The molecule has 0 aromatic heterocycles. The molecule has 0 radical (unpaired) electrons. The van der Waals surface area contributed by atoms with Crippen molar-refractivity contribution in [2.75, 3.05) is 13.2 Å². The van der Waals surface area contributed by atoms with E-state index in [-0.39, 0.29) is 37.5 Å². The number of allylic oxidation sites excluding steroid dienone is 14. The van der Waals surface area contributed by atoms with Crippen LogP contribution in [0.25, 0.3) is 0 Å². The minimum absolute atomic E-state index is 0.0998. The number of carbonyl (C=O) groups excluding carboxylic acids is 3. The van der Waals surface area contributed by atoms with Gasteiger partial charge in [-0.3, -0.25) is 14.4 Å². The fourth-order valence-electron chi connectivity index (χ4n) is 7.29. The van der Waals surface area contributed by atoms with Crippen LogP contribution in [-0.2, 0) is 28.6 Å². The molecule has 1 atom stereocenters. The second-order valence-electron chi connectivity index (χ2n) is 17.7. The standard InChI is InChI=1S/C59H100O6/c1-4-7-10-13-16-19-22-25-27-29-31-34-36-39-42-45-48-51-57(60)63-54-56(65-59(62)53-50-47-44-41-38-33-24-21-18-15-12-9-6-3)55-64-58(61)52-49-46-43-40-37-35-32-30-28-26-23-20-17-14-11-8-5-2/h7,10,16,19,21,24-28,31,34,39,42,56H,4-6,8-9,11-15,17-18,20,22-23,29-30,32-33,35-38,40-41,43-55H2,1-3H3/b10-7-,19-16-,24-21-,27-25-,28-26-,34-31-,42-39-/t56-/m1/s1.